The Morgan fingerprint density at radius 2 is 2.38 bits per heavy atom. The fourth-order valence-corrected chi connectivity index (χ4v) is 2.45. The van der Waals surface area contributed by atoms with E-state index in [1.165, 1.54) is 7.11 Å². The largest absolute Gasteiger partial charge is 0.464 e. The molecule has 7 nitrogen and oxygen atoms in total. The monoisotopic (exact) mass is 294 g/mol. The van der Waals surface area contributed by atoms with Crippen molar-refractivity contribution in [1.29, 1.82) is 0 Å². The fraction of sp³-hybridized carbons (Fsp3) is 0.643. The van der Waals surface area contributed by atoms with Gasteiger partial charge in [-0.05, 0) is 20.8 Å². The minimum atomic E-state index is -0.420. The second-order valence-corrected chi connectivity index (χ2v) is 4.96. The lowest BCUT2D eigenvalue weighted by Crippen LogP contribution is -2.46. The van der Waals surface area contributed by atoms with Crippen LogP contribution in [0.15, 0.2) is 11.2 Å². The number of aryl methyl sites for hydroxylation is 1. The molecule has 21 heavy (non-hydrogen) atoms. The molecule has 1 atom stereocenters. The standard InChI is InChI=1S/C14H22N4O3/c1-5-18-13(14(19)20-4)12(8-15-18)16-11(3)17-6-7-21-9-10(17)2/h8,10H,5-7,9H2,1-4H3/b16-11+/t10-/m1/s1. The van der Waals surface area contributed by atoms with E-state index in [2.05, 4.69) is 21.9 Å². The molecule has 0 spiro atoms. The van der Waals surface area contributed by atoms with Crippen LogP contribution in [0.4, 0.5) is 5.69 Å². The Hall–Kier alpha value is -1.89. The van der Waals surface area contributed by atoms with Crippen LogP contribution >= 0.6 is 0 Å². The van der Waals surface area contributed by atoms with E-state index in [4.69, 9.17) is 9.47 Å². The third kappa shape index (κ3) is 3.24. The topological polar surface area (TPSA) is 69.0 Å². The molecule has 2 rings (SSSR count). The number of aliphatic imine (C=N–C) groups is 1. The van der Waals surface area contributed by atoms with Crippen LogP contribution in [0, 0.1) is 0 Å². The summed E-state index contributed by atoms with van der Waals surface area (Å²) >= 11 is 0. The molecule has 1 saturated heterocycles. The van der Waals surface area contributed by atoms with Crippen molar-refractivity contribution in [2.75, 3.05) is 26.9 Å². The normalized spacial score (nSPS) is 19.7. The van der Waals surface area contributed by atoms with Crippen molar-refractivity contribution in [2.24, 2.45) is 4.99 Å². The summed E-state index contributed by atoms with van der Waals surface area (Å²) in [6.07, 6.45) is 1.60. The van der Waals surface area contributed by atoms with Gasteiger partial charge in [0.05, 0.1) is 32.6 Å². The van der Waals surface area contributed by atoms with Crippen molar-refractivity contribution in [3.05, 3.63) is 11.9 Å². The second-order valence-electron chi connectivity index (χ2n) is 4.96. The van der Waals surface area contributed by atoms with Crippen LogP contribution in [0.2, 0.25) is 0 Å². The highest BCUT2D eigenvalue weighted by molar-refractivity contribution is 5.95. The van der Waals surface area contributed by atoms with Crippen LogP contribution < -0.4 is 0 Å². The number of carbonyl (C=O) groups is 1. The molecule has 0 bridgehead atoms. The highest BCUT2D eigenvalue weighted by Crippen LogP contribution is 2.21. The van der Waals surface area contributed by atoms with E-state index in [1.807, 2.05) is 13.8 Å². The Bertz CT molecular complexity index is 538. The van der Waals surface area contributed by atoms with E-state index < -0.39 is 5.97 Å². The van der Waals surface area contributed by atoms with Crippen molar-refractivity contribution in [3.8, 4) is 0 Å². The Kier molecular flexibility index (Phi) is 4.95. The molecule has 1 aliphatic rings. The van der Waals surface area contributed by atoms with Gasteiger partial charge in [-0.25, -0.2) is 9.79 Å². The van der Waals surface area contributed by atoms with Gasteiger partial charge in [0, 0.05) is 13.1 Å². The summed E-state index contributed by atoms with van der Waals surface area (Å²) in [5, 5.41) is 4.19. The van der Waals surface area contributed by atoms with Crippen molar-refractivity contribution < 1.29 is 14.3 Å². The lowest BCUT2D eigenvalue weighted by atomic mass is 10.2. The molecule has 0 saturated carbocycles. The maximum Gasteiger partial charge on any atom is 0.358 e. The van der Waals surface area contributed by atoms with Crippen LogP contribution in [0.25, 0.3) is 0 Å². The molecule has 0 N–H and O–H groups in total. The molecular weight excluding hydrogens is 272 g/mol. The lowest BCUT2D eigenvalue weighted by Gasteiger charge is -2.34. The SMILES string of the molecule is CCn1ncc(/N=C(\C)N2CCOC[C@H]2C)c1C(=O)OC. The summed E-state index contributed by atoms with van der Waals surface area (Å²) in [5.74, 6) is 0.433. The average molecular weight is 294 g/mol. The quantitative estimate of drug-likeness (QED) is 0.479. The van der Waals surface area contributed by atoms with Gasteiger partial charge in [-0.15, -0.1) is 0 Å². The molecule has 0 radical (unpaired) electrons. The number of aromatic nitrogens is 2. The van der Waals surface area contributed by atoms with Crippen LogP contribution in [0.3, 0.4) is 0 Å². The lowest BCUT2D eigenvalue weighted by molar-refractivity contribution is 0.0330. The zero-order chi connectivity index (χ0) is 15.4. The number of rotatable bonds is 3. The molecule has 0 unspecified atom stereocenters. The first-order chi connectivity index (χ1) is 10.1. The van der Waals surface area contributed by atoms with Crippen molar-refractivity contribution in [1.82, 2.24) is 14.7 Å². The zero-order valence-electron chi connectivity index (χ0n) is 13.0. The molecule has 116 valence electrons. The van der Waals surface area contributed by atoms with Crippen LogP contribution in [-0.2, 0) is 16.0 Å². The van der Waals surface area contributed by atoms with Gasteiger partial charge in [0.25, 0.3) is 0 Å². The summed E-state index contributed by atoms with van der Waals surface area (Å²) in [4.78, 5) is 18.7. The Morgan fingerprint density at radius 1 is 1.62 bits per heavy atom. The molecule has 1 aromatic heterocycles. The molecule has 0 aliphatic carbocycles. The summed E-state index contributed by atoms with van der Waals surface area (Å²) in [7, 11) is 1.36. The highest BCUT2D eigenvalue weighted by atomic mass is 16.5. The summed E-state index contributed by atoms with van der Waals surface area (Å²) in [6, 6.07) is 0.269. The van der Waals surface area contributed by atoms with E-state index in [0.29, 0.717) is 31.1 Å². The van der Waals surface area contributed by atoms with Gasteiger partial charge < -0.3 is 14.4 Å². The Balaban J connectivity index is 2.31. The van der Waals surface area contributed by atoms with Gasteiger partial charge in [0.1, 0.15) is 11.5 Å². The molecule has 7 heteroatoms. The number of morpholine rings is 1. The third-order valence-corrected chi connectivity index (χ3v) is 3.56. The number of amidine groups is 1. The predicted molar refractivity (Wildman–Crippen MR) is 79.0 cm³/mol. The molecular formula is C14H22N4O3. The first-order valence-corrected chi connectivity index (χ1v) is 7.12. The maximum atomic E-state index is 11.9. The molecule has 1 fully saturated rings. The zero-order valence-corrected chi connectivity index (χ0v) is 13.0. The van der Waals surface area contributed by atoms with Gasteiger partial charge in [0.15, 0.2) is 5.69 Å². The number of hydrogen-bond acceptors (Lipinski definition) is 5. The summed E-state index contributed by atoms with van der Waals surface area (Å²) in [6.45, 7) is 8.71. The molecule has 2 heterocycles. The third-order valence-electron chi connectivity index (χ3n) is 3.56. The van der Waals surface area contributed by atoms with Gasteiger partial charge in [0.2, 0.25) is 0 Å². The number of carbonyl (C=O) groups excluding carboxylic acids is 1. The Morgan fingerprint density at radius 3 is 3.00 bits per heavy atom. The maximum absolute atomic E-state index is 11.9. The average Bonchev–Trinajstić information content (AvgIpc) is 2.89. The van der Waals surface area contributed by atoms with E-state index >= 15 is 0 Å². The van der Waals surface area contributed by atoms with E-state index in [0.717, 1.165) is 12.4 Å². The first kappa shape index (κ1) is 15.5. The number of ether oxygens (including phenoxy) is 2. The summed E-state index contributed by atoms with van der Waals surface area (Å²) < 4.78 is 11.8. The van der Waals surface area contributed by atoms with Gasteiger partial charge >= 0.3 is 5.97 Å². The van der Waals surface area contributed by atoms with Crippen molar-refractivity contribution >= 4 is 17.5 Å². The van der Waals surface area contributed by atoms with Crippen molar-refractivity contribution in [3.63, 3.8) is 0 Å². The van der Waals surface area contributed by atoms with Crippen LogP contribution in [-0.4, -0.2) is 59.4 Å². The number of esters is 1. The fourth-order valence-electron chi connectivity index (χ4n) is 2.45. The number of methoxy groups -OCH3 is 1. The second kappa shape index (κ2) is 6.71. The van der Waals surface area contributed by atoms with Crippen molar-refractivity contribution in [2.45, 2.75) is 33.4 Å². The Labute approximate surface area is 124 Å². The van der Waals surface area contributed by atoms with Gasteiger partial charge in [-0.1, -0.05) is 0 Å². The number of nitrogens with zero attached hydrogens (tertiary/aromatic N) is 4. The smallest absolute Gasteiger partial charge is 0.358 e. The van der Waals surface area contributed by atoms with Gasteiger partial charge in [-0.2, -0.15) is 5.10 Å². The molecule has 0 aromatic carbocycles. The molecule has 1 aliphatic heterocycles. The molecule has 1 aromatic rings. The van der Waals surface area contributed by atoms with Crippen LogP contribution in [0.5, 0.6) is 0 Å². The van der Waals surface area contributed by atoms with Gasteiger partial charge in [-0.3, -0.25) is 4.68 Å². The van der Waals surface area contributed by atoms with Crippen LogP contribution in [0.1, 0.15) is 31.3 Å². The van der Waals surface area contributed by atoms with E-state index in [9.17, 15) is 4.79 Å². The minimum Gasteiger partial charge on any atom is -0.464 e. The predicted octanol–water partition coefficient (Wildman–Crippen LogP) is 1.46. The van der Waals surface area contributed by atoms with E-state index in [1.54, 1.807) is 10.9 Å². The summed E-state index contributed by atoms with van der Waals surface area (Å²) in [5.41, 5.74) is 0.931. The van der Waals surface area contributed by atoms with E-state index in [-0.39, 0.29) is 6.04 Å². The minimum absolute atomic E-state index is 0.269. The highest BCUT2D eigenvalue weighted by Gasteiger charge is 2.22. The molecule has 0 amide bonds. The number of hydrogen-bond donors (Lipinski definition) is 0. The first-order valence-electron chi connectivity index (χ1n) is 7.12.